The molecule has 0 aliphatic carbocycles. The molecule has 0 aliphatic heterocycles. The van der Waals surface area contributed by atoms with Crippen LogP contribution in [0.15, 0.2) is 57.5 Å². The second-order valence-electron chi connectivity index (χ2n) is 4.08. The third-order valence-corrected chi connectivity index (χ3v) is 10.5. The molecule has 23 heavy (non-hydrogen) atoms. The molecule has 0 saturated carbocycles. The molecule has 0 atom stereocenters. The predicted molar refractivity (Wildman–Crippen MR) is 95.8 cm³/mol. The second kappa shape index (κ2) is 7.38. The molecule has 0 fully saturated rings. The summed E-state index contributed by atoms with van der Waals surface area (Å²) in [5, 5.41) is 0. The van der Waals surface area contributed by atoms with Crippen LogP contribution in [0.1, 0.15) is 0 Å². The van der Waals surface area contributed by atoms with Gasteiger partial charge >= 0.3 is 156 Å². The summed E-state index contributed by atoms with van der Waals surface area (Å²) in [6.45, 7) is 0. The molecule has 0 spiro atoms. The van der Waals surface area contributed by atoms with Crippen molar-refractivity contribution < 1.29 is 24.1 Å². The number of hydrogen-bond donors (Lipinski definition) is 0. The summed E-state index contributed by atoms with van der Waals surface area (Å²) >= 11 is 3.17. The van der Waals surface area contributed by atoms with E-state index in [9.17, 15) is 21.6 Å². The van der Waals surface area contributed by atoms with Gasteiger partial charge in [-0.15, -0.1) is 0 Å². The second-order valence-corrected chi connectivity index (χ2v) is 12.4. The van der Waals surface area contributed by atoms with Crippen LogP contribution in [-0.4, -0.2) is 13.9 Å². The van der Waals surface area contributed by atoms with E-state index in [1.165, 1.54) is 0 Å². The fourth-order valence-corrected chi connectivity index (χ4v) is 8.34. The van der Waals surface area contributed by atoms with Gasteiger partial charge in [-0.05, 0) is 0 Å². The van der Waals surface area contributed by atoms with E-state index in [1.807, 2.05) is 0 Å². The van der Waals surface area contributed by atoms with Gasteiger partial charge in [-0.25, -0.2) is 0 Å². The zero-order chi connectivity index (χ0) is 17.3. The Balaban J connectivity index is 2.48. The molecule has 2 aromatic carbocycles. The number of alkyl halides is 3. The molecule has 0 unspecified atom stereocenters. The molecule has 2 rings (SSSR count). The monoisotopic (exact) mass is 586 g/mol. The minimum atomic E-state index is -5.67. The van der Waals surface area contributed by atoms with Crippen molar-refractivity contribution in [2.24, 2.45) is 0 Å². The molecule has 10 heteroatoms. The summed E-state index contributed by atoms with van der Waals surface area (Å²) in [6.07, 6.45) is 0. The summed E-state index contributed by atoms with van der Waals surface area (Å²) in [6, 6.07) is 12.7. The van der Waals surface area contributed by atoms with Gasteiger partial charge < -0.3 is 0 Å². The van der Waals surface area contributed by atoms with Crippen molar-refractivity contribution in [2.75, 3.05) is 0 Å². The summed E-state index contributed by atoms with van der Waals surface area (Å²) in [5.41, 5.74) is -5.45. The van der Waals surface area contributed by atoms with Gasteiger partial charge in [0.25, 0.3) is 0 Å². The predicted octanol–water partition coefficient (Wildman–Crippen LogP) is 5.54. The van der Waals surface area contributed by atoms with Crippen LogP contribution in [-0.2, 0) is 12.6 Å². The van der Waals surface area contributed by atoms with Crippen molar-refractivity contribution in [1.29, 1.82) is 0 Å². The quantitative estimate of drug-likeness (QED) is 0.349. The Morgan fingerprint density at radius 3 is 1.48 bits per heavy atom. The third kappa shape index (κ3) is 4.91. The zero-order valence-corrected chi connectivity index (χ0v) is 17.2. The SMILES string of the molecule is O=S(=O)(OI(c1ccc(Br)cc1)c1ccc(Br)cc1)C(F)(F)F. The van der Waals surface area contributed by atoms with Crippen molar-refractivity contribution in [3.8, 4) is 0 Å². The van der Waals surface area contributed by atoms with Crippen LogP contribution >= 0.6 is 52.1 Å². The Bertz CT molecular complexity index is 732. The summed E-state index contributed by atoms with van der Waals surface area (Å²) in [4.78, 5) is 0. The average molecular weight is 588 g/mol. The Morgan fingerprint density at radius 1 is 0.826 bits per heavy atom. The Hall–Kier alpha value is -0.170. The van der Waals surface area contributed by atoms with Crippen LogP contribution < -0.4 is 0 Å². The van der Waals surface area contributed by atoms with Crippen LogP contribution in [0, 0.1) is 7.14 Å². The molecule has 0 heterocycles. The Kier molecular flexibility index (Phi) is 6.15. The van der Waals surface area contributed by atoms with E-state index in [1.54, 1.807) is 48.5 Å². The van der Waals surface area contributed by atoms with Gasteiger partial charge in [0.05, 0.1) is 0 Å². The van der Waals surface area contributed by atoms with Crippen molar-refractivity contribution >= 4 is 62.2 Å². The molecule has 126 valence electrons. The molecule has 3 nitrogen and oxygen atoms in total. The van der Waals surface area contributed by atoms with Gasteiger partial charge in [-0.2, -0.15) is 0 Å². The van der Waals surface area contributed by atoms with Crippen LogP contribution in [0.2, 0.25) is 0 Å². The molecule has 0 aliphatic rings. The maximum absolute atomic E-state index is 12.7. The number of hydrogen-bond acceptors (Lipinski definition) is 3. The van der Waals surface area contributed by atoms with Crippen molar-refractivity contribution in [3.05, 3.63) is 64.6 Å². The first-order valence-electron chi connectivity index (χ1n) is 5.82. The molecule has 0 amide bonds. The van der Waals surface area contributed by atoms with Crippen LogP contribution in [0.3, 0.4) is 0 Å². The van der Waals surface area contributed by atoms with Crippen molar-refractivity contribution in [2.45, 2.75) is 5.51 Å². The first kappa shape index (κ1) is 19.2. The van der Waals surface area contributed by atoms with E-state index < -0.39 is 35.9 Å². The third-order valence-electron chi connectivity index (χ3n) is 2.43. The van der Waals surface area contributed by atoms with Crippen molar-refractivity contribution in [1.82, 2.24) is 0 Å². The number of rotatable bonds is 4. The summed E-state index contributed by atoms with van der Waals surface area (Å²) < 4.78 is 67.7. The number of benzene rings is 2. The average Bonchev–Trinajstić information content (AvgIpc) is 2.46. The van der Waals surface area contributed by atoms with E-state index in [4.69, 9.17) is 0 Å². The fourth-order valence-electron chi connectivity index (χ4n) is 1.41. The molecule has 0 saturated heterocycles. The van der Waals surface area contributed by atoms with Gasteiger partial charge in [0.15, 0.2) is 0 Å². The van der Waals surface area contributed by atoms with E-state index in [0.717, 1.165) is 8.95 Å². The maximum atomic E-state index is 12.7. The Labute approximate surface area is 155 Å². The molecular formula is C13H8Br2F3IO3S. The standard InChI is InChI=1S/C13H8Br2F3IO3S/c14-9-1-5-11(6-2-9)19(12-7-3-10(15)4-8-12)22-23(20,21)13(16,17)18/h1-8H. The van der Waals surface area contributed by atoms with Crippen LogP contribution in [0.4, 0.5) is 13.2 Å². The molecule has 0 bridgehead atoms. The molecule has 0 aromatic heterocycles. The van der Waals surface area contributed by atoms with Crippen LogP contribution in [0.5, 0.6) is 0 Å². The van der Waals surface area contributed by atoms with Crippen LogP contribution in [0.25, 0.3) is 0 Å². The topological polar surface area (TPSA) is 43.4 Å². The first-order valence-corrected chi connectivity index (χ1v) is 11.9. The van der Waals surface area contributed by atoms with E-state index in [0.29, 0.717) is 7.14 Å². The van der Waals surface area contributed by atoms with E-state index >= 15 is 0 Å². The zero-order valence-electron chi connectivity index (χ0n) is 11.0. The molecular weight excluding hydrogens is 580 g/mol. The van der Waals surface area contributed by atoms with Gasteiger partial charge in [0, 0.05) is 0 Å². The normalized spacial score (nSPS) is 13.0. The fraction of sp³-hybridized carbons (Fsp3) is 0.0769. The summed E-state index contributed by atoms with van der Waals surface area (Å²) in [7, 11) is -5.67. The van der Waals surface area contributed by atoms with E-state index in [-0.39, 0.29) is 0 Å². The first-order chi connectivity index (χ1) is 10.6. The summed E-state index contributed by atoms with van der Waals surface area (Å²) in [5.74, 6) is 0. The number of halogens is 6. The Morgan fingerprint density at radius 2 is 1.17 bits per heavy atom. The minimum absolute atomic E-state index is 0.438. The van der Waals surface area contributed by atoms with E-state index in [2.05, 4.69) is 34.4 Å². The molecule has 0 N–H and O–H groups in total. The van der Waals surface area contributed by atoms with Crippen molar-refractivity contribution in [3.63, 3.8) is 0 Å². The molecule has 0 radical (unpaired) electrons. The van der Waals surface area contributed by atoms with Gasteiger partial charge in [0.1, 0.15) is 0 Å². The van der Waals surface area contributed by atoms with Gasteiger partial charge in [-0.1, -0.05) is 0 Å². The molecule has 2 aromatic rings. The van der Waals surface area contributed by atoms with Gasteiger partial charge in [0.2, 0.25) is 0 Å². The van der Waals surface area contributed by atoms with Gasteiger partial charge in [-0.3, -0.25) is 0 Å².